The number of furan rings is 1. The van der Waals surface area contributed by atoms with Gasteiger partial charge in [-0.25, -0.2) is 9.37 Å². The number of halogens is 1. The molecule has 0 bridgehead atoms. The van der Waals surface area contributed by atoms with Gasteiger partial charge in [0.2, 0.25) is 11.7 Å². The molecule has 0 aliphatic heterocycles. The van der Waals surface area contributed by atoms with E-state index in [0.717, 1.165) is 16.9 Å². The molecule has 0 saturated heterocycles. The van der Waals surface area contributed by atoms with Crippen LogP contribution in [0.15, 0.2) is 59.0 Å². The summed E-state index contributed by atoms with van der Waals surface area (Å²) in [6, 6.07) is 14.7. The van der Waals surface area contributed by atoms with Gasteiger partial charge in [-0.3, -0.25) is 9.36 Å². The number of benzene rings is 2. The summed E-state index contributed by atoms with van der Waals surface area (Å²) in [5.74, 6) is -1.51. The van der Waals surface area contributed by atoms with Gasteiger partial charge < -0.3 is 14.6 Å². The molecular weight excluding hydrogens is 431 g/mol. The number of hydrogen-bond acceptors (Lipinski definition) is 6. The summed E-state index contributed by atoms with van der Waals surface area (Å²) in [4.78, 5) is 17.9. The lowest BCUT2D eigenvalue weighted by molar-refractivity contribution is 0.101. The average Bonchev–Trinajstić information content (AvgIpc) is 3.44. The van der Waals surface area contributed by atoms with Gasteiger partial charge in [0.15, 0.2) is 16.6 Å². The number of ketones is 1. The van der Waals surface area contributed by atoms with Crippen LogP contribution in [0.1, 0.15) is 27.4 Å². The highest BCUT2D eigenvalue weighted by atomic mass is 32.1. The summed E-state index contributed by atoms with van der Waals surface area (Å²) in [6.45, 7) is 3.57. The Bertz CT molecular complexity index is 1510. The van der Waals surface area contributed by atoms with Crippen molar-refractivity contribution in [2.24, 2.45) is 0 Å². The molecule has 0 saturated carbocycles. The van der Waals surface area contributed by atoms with Gasteiger partial charge >= 0.3 is 0 Å². The van der Waals surface area contributed by atoms with E-state index in [0.29, 0.717) is 21.5 Å². The van der Waals surface area contributed by atoms with Crippen molar-refractivity contribution >= 4 is 27.3 Å². The van der Waals surface area contributed by atoms with Crippen molar-refractivity contribution in [1.82, 2.24) is 9.55 Å². The molecular formula is C24H17FN2O4S. The van der Waals surface area contributed by atoms with Crippen LogP contribution in [-0.2, 0) is 0 Å². The topological polar surface area (TPSA) is 88.5 Å². The molecule has 0 amide bonds. The maximum absolute atomic E-state index is 13.7. The monoisotopic (exact) mass is 448 g/mol. The van der Waals surface area contributed by atoms with E-state index in [9.17, 15) is 19.4 Å². The van der Waals surface area contributed by atoms with E-state index < -0.39 is 23.2 Å². The van der Waals surface area contributed by atoms with Crippen LogP contribution in [0.25, 0.3) is 26.6 Å². The Labute approximate surface area is 185 Å². The van der Waals surface area contributed by atoms with Gasteiger partial charge in [0.05, 0.1) is 21.5 Å². The van der Waals surface area contributed by atoms with Gasteiger partial charge in [-0.2, -0.15) is 0 Å². The fourth-order valence-corrected chi connectivity index (χ4v) is 4.70. The van der Waals surface area contributed by atoms with Crippen molar-refractivity contribution in [1.29, 1.82) is 0 Å². The average molecular weight is 448 g/mol. The standard InChI is InChI=1S/C24H17FN2O4S/c1-12-5-3-4-6-15(12)20-19(21(28)17-10-7-13(2)31-17)22(29)23(30)27(20)24-26-16-9-8-14(25)11-18(16)32-24/h3-11,29-30H,1-2H3. The third kappa shape index (κ3) is 3.07. The molecule has 160 valence electrons. The van der Waals surface area contributed by atoms with Gasteiger partial charge in [-0.05, 0) is 49.7 Å². The van der Waals surface area contributed by atoms with Crippen molar-refractivity contribution in [3.05, 3.63) is 83.1 Å². The summed E-state index contributed by atoms with van der Waals surface area (Å²) < 4.78 is 21.1. The zero-order valence-electron chi connectivity index (χ0n) is 17.1. The summed E-state index contributed by atoms with van der Waals surface area (Å²) >= 11 is 1.13. The highest BCUT2D eigenvalue weighted by molar-refractivity contribution is 7.20. The molecule has 0 fully saturated rings. The van der Waals surface area contributed by atoms with Crippen LogP contribution in [0.4, 0.5) is 4.39 Å². The second-order valence-corrected chi connectivity index (χ2v) is 8.40. The first kappa shape index (κ1) is 20.0. The number of carbonyl (C=O) groups excluding carboxylic acids is 1. The maximum Gasteiger partial charge on any atom is 0.242 e. The first-order valence-electron chi connectivity index (χ1n) is 9.75. The molecule has 5 aromatic rings. The predicted octanol–water partition coefficient (Wildman–Crippen LogP) is 5.75. The first-order valence-corrected chi connectivity index (χ1v) is 10.6. The Balaban J connectivity index is 1.84. The van der Waals surface area contributed by atoms with E-state index >= 15 is 0 Å². The number of thiazole rings is 1. The highest BCUT2D eigenvalue weighted by Gasteiger charge is 2.32. The van der Waals surface area contributed by atoms with Crippen LogP contribution in [0, 0.1) is 19.7 Å². The molecule has 32 heavy (non-hydrogen) atoms. The third-order valence-electron chi connectivity index (χ3n) is 5.24. The second kappa shape index (κ2) is 7.35. The van der Waals surface area contributed by atoms with E-state index in [1.807, 2.05) is 19.1 Å². The number of rotatable bonds is 4. The minimum atomic E-state index is -0.576. The summed E-state index contributed by atoms with van der Waals surface area (Å²) in [5, 5.41) is 22.0. The molecule has 3 heterocycles. The number of hydrogen-bond donors (Lipinski definition) is 2. The summed E-state index contributed by atoms with van der Waals surface area (Å²) in [7, 11) is 0. The minimum Gasteiger partial charge on any atom is -0.503 e. The fraction of sp³-hybridized carbons (Fsp3) is 0.0833. The molecule has 5 rings (SSSR count). The Morgan fingerprint density at radius 1 is 1.09 bits per heavy atom. The zero-order chi connectivity index (χ0) is 22.6. The number of aromatic hydroxyl groups is 2. The molecule has 0 atom stereocenters. The van der Waals surface area contributed by atoms with Crippen LogP contribution in [0.5, 0.6) is 11.6 Å². The van der Waals surface area contributed by atoms with Crippen molar-refractivity contribution in [3.63, 3.8) is 0 Å². The molecule has 3 aromatic heterocycles. The molecule has 2 aromatic carbocycles. The number of aromatic nitrogens is 2. The van der Waals surface area contributed by atoms with E-state index in [1.54, 1.807) is 25.1 Å². The van der Waals surface area contributed by atoms with Gasteiger partial charge in [0.1, 0.15) is 11.6 Å². The summed E-state index contributed by atoms with van der Waals surface area (Å²) in [5.41, 5.74) is 2.15. The van der Waals surface area contributed by atoms with Crippen LogP contribution in [-0.4, -0.2) is 25.5 Å². The largest absolute Gasteiger partial charge is 0.503 e. The van der Waals surface area contributed by atoms with Gasteiger partial charge in [0, 0.05) is 5.56 Å². The molecule has 0 spiro atoms. The Hall–Kier alpha value is -3.91. The lowest BCUT2D eigenvalue weighted by Gasteiger charge is -2.11. The Morgan fingerprint density at radius 2 is 1.88 bits per heavy atom. The van der Waals surface area contributed by atoms with Crippen molar-refractivity contribution in [2.75, 3.05) is 0 Å². The van der Waals surface area contributed by atoms with Crippen molar-refractivity contribution in [3.8, 4) is 28.0 Å². The molecule has 0 radical (unpaired) electrons. The van der Waals surface area contributed by atoms with E-state index in [4.69, 9.17) is 4.42 Å². The third-order valence-corrected chi connectivity index (χ3v) is 6.25. The molecule has 0 aliphatic rings. The Morgan fingerprint density at radius 3 is 2.59 bits per heavy atom. The summed E-state index contributed by atoms with van der Waals surface area (Å²) in [6.07, 6.45) is 0. The second-order valence-electron chi connectivity index (χ2n) is 7.39. The maximum atomic E-state index is 13.7. The number of nitrogens with zero attached hydrogens (tertiary/aromatic N) is 2. The molecule has 0 aliphatic carbocycles. The van der Waals surface area contributed by atoms with Crippen LogP contribution in [0.2, 0.25) is 0 Å². The number of carbonyl (C=O) groups is 1. The van der Waals surface area contributed by atoms with Crippen molar-refractivity contribution in [2.45, 2.75) is 13.8 Å². The SMILES string of the molecule is Cc1ccc(C(=O)c2c(O)c(O)n(-c3nc4ccc(F)cc4s3)c2-c2ccccc2C)o1. The number of fused-ring (bicyclic) bond motifs is 1. The van der Waals surface area contributed by atoms with Gasteiger partial charge in [0.25, 0.3) is 0 Å². The smallest absolute Gasteiger partial charge is 0.242 e. The normalized spacial score (nSPS) is 11.3. The van der Waals surface area contributed by atoms with E-state index in [1.165, 1.54) is 28.8 Å². The first-order chi connectivity index (χ1) is 15.3. The molecule has 2 N–H and O–H groups in total. The van der Waals surface area contributed by atoms with E-state index in [2.05, 4.69) is 4.98 Å². The number of aryl methyl sites for hydroxylation is 2. The Kier molecular flexibility index (Phi) is 4.60. The molecule has 0 unspecified atom stereocenters. The van der Waals surface area contributed by atoms with Gasteiger partial charge in [-0.1, -0.05) is 35.6 Å². The lowest BCUT2D eigenvalue weighted by Crippen LogP contribution is -2.04. The van der Waals surface area contributed by atoms with Crippen molar-refractivity contribution < 1.29 is 23.8 Å². The lowest BCUT2D eigenvalue weighted by atomic mass is 9.99. The molecule has 8 heteroatoms. The highest BCUT2D eigenvalue weighted by Crippen LogP contribution is 2.46. The zero-order valence-corrected chi connectivity index (χ0v) is 17.9. The molecule has 6 nitrogen and oxygen atoms in total. The quantitative estimate of drug-likeness (QED) is 0.342. The van der Waals surface area contributed by atoms with E-state index in [-0.39, 0.29) is 22.1 Å². The van der Waals surface area contributed by atoms with Crippen LogP contribution in [0.3, 0.4) is 0 Å². The van der Waals surface area contributed by atoms with Crippen LogP contribution >= 0.6 is 11.3 Å². The van der Waals surface area contributed by atoms with Gasteiger partial charge in [-0.15, -0.1) is 0 Å². The fourth-order valence-electron chi connectivity index (χ4n) is 3.70. The predicted molar refractivity (Wildman–Crippen MR) is 119 cm³/mol. The van der Waals surface area contributed by atoms with Crippen LogP contribution < -0.4 is 0 Å². The minimum absolute atomic E-state index is 0.0381.